The van der Waals surface area contributed by atoms with Crippen molar-refractivity contribution >= 4 is 0 Å². The molecule has 0 amide bonds. The highest BCUT2D eigenvalue weighted by Crippen LogP contribution is 2.23. The quantitative estimate of drug-likeness (QED) is 0.244. The van der Waals surface area contributed by atoms with E-state index in [1.165, 1.54) is 90.0 Å². The Hall–Kier alpha value is -0.300. The molecule has 1 heteroatoms. The molecule has 0 N–H and O–H groups in total. The third-order valence-corrected chi connectivity index (χ3v) is 4.46. The Morgan fingerprint density at radius 3 is 1.85 bits per heavy atom. The average Bonchev–Trinajstić information content (AvgIpc) is 2.87. The van der Waals surface area contributed by atoms with Gasteiger partial charge in [0, 0.05) is 0 Å². The van der Waals surface area contributed by atoms with Crippen LogP contribution in [0.25, 0.3) is 0 Å². The topological polar surface area (TPSA) is 0 Å². The molecule has 0 unspecified atom stereocenters. The molecule has 20 heavy (non-hydrogen) atoms. The van der Waals surface area contributed by atoms with Gasteiger partial charge in [0.2, 0.25) is 0 Å². The van der Waals surface area contributed by atoms with E-state index < -0.39 is 0 Å². The summed E-state index contributed by atoms with van der Waals surface area (Å²) < 4.78 is 1.12. The van der Waals surface area contributed by atoms with Gasteiger partial charge in [-0.3, -0.25) is 0 Å². The molecule has 0 aromatic rings. The van der Waals surface area contributed by atoms with Crippen molar-refractivity contribution in [3.63, 3.8) is 0 Å². The van der Waals surface area contributed by atoms with Gasteiger partial charge in [0.1, 0.15) is 0 Å². The molecule has 0 atom stereocenters. The maximum absolute atomic E-state index is 2.48. The van der Waals surface area contributed by atoms with Gasteiger partial charge in [0.05, 0.1) is 27.7 Å². The average molecular weight is 281 g/mol. The van der Waals surface area contributed by atoms with E-state index in [1.807, 2.05) is 0 Å². The predicted molar refractivity (Wildman–Crippen MR) is 91.0 cm³/mol. The summed E-state index contributed by atoms with van der Waals surface area (Å²) in [5.74, 6) is 0. The van der Waals surface area contributed by atoms with Gasteiger partial charge in [-0.05, 0) is 44.9 Å². The number of rotatable bonds is 12. The lowest BCUT2D eigenvalue weighted by molar-refractivity contribution is -0.870. The van der Waals surface area contributed by atoms with Gasteiger partial charge < -0.3 is 4.48 Å². The minimum Gasteiger partial charge on any atom is -0.331 e. The summed E-state index contributed by atoms with van der Waals surface area (Å²) in [5, 5.41) is 0. The molecule has 0 aromatic carbocycles. The van der Waals surface area contributed by atoms with Crippen LogP contribution in [0, 0.1) is 0 Å². The smallest absolute Gasteiger partial charge is 0.0780 e. The van der Waals surface area contributed by atoms with Crippen LogP contribution in [0.3, 0.4) is 0 Å². The zero-order valence-corrected chi connectivity index (χ0v) is 14.4. The van der Waals surface area contributed by atoms with Crippen LogP contribution < -0.4 is 0 Å². The van der Waals surface area contributed by atoms with Crippen molar-refractivity contribution in [2.75, 3.05) is 27.7 Å². The first-order valence-electron chi connectivity index (χ1n) is 9.06. The van der Waals surface area contributed by atoms with Crippen LogP contribution in [0.4, 0.5) is 0 Å². The monoisotopic (exact) mass is 280 g/mol. The van der Waals surface area contributed by atoms with Crippen LogP contribution in [0.2, 0.25) is 0 Å². The molecule has 1 nitrogen and oxygen atoms in total. The second kappa shape index (κ2) is 10.4. The number of unbranched alkanes of at least 4 members (excludes halogenated alkanes) is 8. The van der Waals surface area contributed by atoms with Gasteiger partial charge in [0.25, 0.3) is 0 Å². The fourth-order valence-corrected chi connectivity index (χ4v) is 3.14. The third kappa shape index (κ3) is 10.5. The highest BCUT2D eigenvalue weighted by Gasteiger charge is 2.05. The van der Waals surface area contributed by atoms with E-state index >= 15 is 0 Å². The highest BCUT2D eigenvalue weighted by molar-refractivity contribution is 5.06. The summed E-state index contributed by atoms with van der Waals surface area (Å²) in [6.07, 6.45) is 21.1. The SMILES string of the molecule is C[N+](C)(C)CCCCCCCCCCCC1=CCCC1. The molecule has 0 aliphatic heterocycles. The number of quaternary nitrogens is 1. The van der Waals surface area contributed by atoms with E-state index in [-0.39, 0.29) is 0 Å². The number of hydrogen-bond acceptors (Lipinski definition) is 0. The molecule has 0 aromatic heterocycles. The molecule has 1 rings (SSSR count). The van der Waals surface area contributed by atoms with Crippen LogP contribution in [-0.4, -0.2) is 32.2 Å². The van der Waals surface area contributed by atoms with Gasteiger partial charge >= 0.3 is 0 Å². The van der Waals surface area contributed by atoms with Crippen molar-refractivity contribution in [3.8, 4) is 0 Å². The second-order valence-corrected chi connectivity index (χ2v) is 7.70. The molecular formula is C19H38N+. The zero-order chi connectivity index (χ0) is 14.7. The van der Waals surface area contributed by atoms with Crippen molar-refractivity contribution in [3.05, 3.63) is 11.6 Å². The summed E-state index contributed by atoms with van der Waals surface area (Å²) in [6.45, 7) is 1.33. The molecule has 0 saturated carbocycles. The molecule has 0 bridgehead atoms. The van der Waals surface area contributed by atoms with E-state index in [0.29, 0.717) is 0 Å². The first kappa shape index (κ1) is 17.8. The summed E-state index contributed by atoms with van der Waals surface area (Å²) >= 11 is 0. The van der Waals surface area contributed by atoms with E-state index in [2.05, 4.69) is 27.2 Å². The Balaban J connectivity index is 1.74. The molecule has 0 saturated heterocycles. The van der Waals surface area contributed by atoms with Gasteiger partial charge in [-0.25, -0.2) is 0 Å². The van der Waals surface area contributed by atoms with Crippen molar-refractivity contribution in [2.45, 2.75) is 83.5 Å². The van der Waals surface area contributed by atoms with Crippen LogP contribution in [-0.2, 0) is 0 Å². The van der Waals surface area contributed by atoms with Crippen molar-refractivity contribution in [2.24, 2.45) is 0 Å². The minimum absolute atomic E-state index is 1.12. The summed E-state index contributed by atoms with van der Waals surface area (Å²) in [6, 6.07) is 0. The fourth-order valence-electron chi connectivity index (χ4n) is 3.14. The van der Waals surface area contributed by atoms with Gasteiger partial charge in [-0.15, -0.1) is 0 Å². The molecule has 0 radical (unpaired) electrons. The second-order valence-electron chi connectivity index (χ2n) is 7.70. The fraction of sp³-hybridized carbons (Fsp3) is 0.895. The lowest BCUT2D eigenvalue weighted by Crippen LogP contribution is -2.35. The molecular weight excluding hydrogens is 242 g/mol. The normalized spacial score (nSPS) is 15.7. The van der Waals surface area contributed by atoms with E-state index in [1.54, 1.807) is 5.57 Å². The molecule has 0 heterocycles. The standard InChI is InChI=1S/C19H38N/c1-20(2,3)18-14-10-8-6-4-5-7-9-11-15-19-16-12-13-17-19/h16H,4-15,17-18H2,1-3H3/q+1. The van der Waals surface area contributed by atoms with Crippen molar-refractivity contribution in [1.82, 2.24) is 0 Å². The van der Waals surface area contributed by atoms with Crippen molar-refractivity contribution < 1.29 is 4.48 Å². The molecule has 0 fully saturated rings. The van der Waals surface area contributed by atoms with Crippen LogP contribution in [0.1, 0.15) is 83.5 Å². The Kier molecular flexibility index (Phi) is 9.26. The van der Waals surface area contributed by atoms with E-state index in [4.69, 9.17) is 0 Å². The summed E-state index contributed by atoms with van der Waals surface area (Å²) in [7, 11) is 6.88. The lowest BCUT2D eigenvalue weighted by Gasteiger charge is -2.23. The predicted octanol–water partition coefficient (Wildman–Crippen LogP) is 5.70. The first-order valence-corrected chi connectivity index (χ1v) is 9.06. The number of hydrogen-bond donors (Lipinski definition) is 0. The maximum atomic E-state index is 2.48. The van der Waals surface area contributed by atoms with Crippen LogP contribution >= 0.6 is 0 Å². The largest absolute Gasteiger partial charge is 0.331 e. The summed E-state index contributed by atoms with van der Waals surface area (Å²) in [4.78, 5) is 0. The number of allylic oxidation sites excluding steroid dienone is 2. The van der Waals surface area contributed by atoms with E-state index in [0.717, 1.165) is 4.48 Å². The Morgan fingerprint density at radius 1 is 0.800 bits per heavy atom. The van der Waals surface area contributed by atoms with E-state index in [9.17, 15) is 0 Å². The molecule has 1 aliphatic carbocycles. The summed E-state index contributed by atoms with van der Waals surface area (Å²) in [5.41, 5.74) is 1.75. The van der Waals surface area contributed by atoms with Gasteiger partial charge in [0.15, 0.2) is 0 Å². The first-order chi connectivity index (χ1) is 9.58. The lowest BCUT2D eigenvalue weighted by atomic mass is 10.0. The maximum Gasteiger partial charge on any atom is 0.0780 e. The van der Waals surface area contributed by atoms with Gasteiger partial charge in [-0.2, -0.15) is 0 Å². The number of nitrogens with zero attached hydrogens (tertiary/aromatic N) is 1. The Labute approximate surface area is 128 Å². The molecule has 0 spiro atoms. The molecule has 118 valence electrons. The zero-order valence-electron chi connectivity index (χ0n) is 14.4. The van der Waals surface area contributed by atoms with Crippen LogP contribution in [0.5, 0.6) is 0 Å². The highest BCUT2D eigenvalue weighted by atomic mass is 15.3. The van der Waals surface area contributed by atoms with Gasteiger partial charge in [-0.1, -0.05) is 50.2 Å². The van der Waals surface area contributed by atoms with Crippen LogP contribution in [0.15, 0.2) is 11.6 Å². The van der Waals surface area contributed by atoms with Crippen molar-refractivity contribution in [1.29, 1.82) is 0 Å². The minimum atomic E-state index is 1.12. The Morgan fingerprint density at radius 2 is 1.35 bits per heavy atom. The Bertz CT molecular complexity index is 259. The third-order valence-electron chi connectivity index (χ3n) is 4.46. The molecule has 1 aliphatic rings.